The van der Waals surface area contributed by atoms with Crippen molar-refractivity contribution in [2.45, 2.75) is 12.8 Å². The van der Waals surface area contributed by atoms with E-state index in [-0.39, 0.29) is 12.5 Å². The molecule has 2 heterocycles. The van der Waals surface area contributed by atoms with Gasteiger partial charge in [0, 0.05) is 25.1 Å². The van der Waals surface area contributed by atoms with Crippen LogP contribution in [0.25, 0.3) is 10.9 Å². The quantitative estimate of drug-likeness (QED) is 0.875. The number of nitrogens with zero attached hydrogens (tertiary/aromatic N) is 2. The first kappa shape index (κ1) is 12.2. The molecule has 2 N–H and O–H groups in total. The number of H-pyrrole nitrogens is 1. The first-order valence-corrected chi connectivity index (χ1v) is 6.63. The highest BCUT2D eigenvalue weighted by Gasteiger charge is 2.28. The molecule has 0 radical (unpaired) electrons. The molecule has 1 atom stereocenters. The molecule has 0 spiro atoms. The van der Waals surface area contributed by atoms with Gasteiger partial charge < -0.3 is 10.0 Å². The summed E-state index contributed by atoms with van der Waals surface area (Å²) in [7, 11) is 0. The van der Waals surface area contributed by atoms with E-state index in [4.69, 9.17) is 5.11 Å². The molecule has 5 heteroatoms. The summed E-state index contributed by atoms with van der Waals surface area (Å²) in [4.78, 5) is 14.3. The number of likely N-dealkylation sites (tertiary alicyclic amines) is 1. The number of carbonyl (C=O) groups excluding carboxylic acids is 1. The molecule has 0 saturated carbocycles. The third-order valence-electron chi connectivity index (χ3n) is 3.78. The Balaban J connectivity index is 1.81. The first-order chi connectivity index (χ1) is 9.29. The molecule has 1 unspecified atom stereocenters. The van der Waals surface area contributed by atoms with Crippen LogP contribution in [0.5, 0.6) is 0 Å². The summed E-state index contributed by atoms with van der Waals surface area (Å²) in [6.45, 7) is 1.67. The van der Waals surface area contributed by atoms with E-state index in [1.807, 2.05) is 29.2 Å². The number of aliphatic hydroxyl groups is 1. The lowest BCUT2D eigenvalue weighted by atomic mass is 10.1. The van der Waals surface area contributed by atoms with Crippen molar-refractivity contribution in [2.24, 2.45) is 5.92 Å². The summed E-state index contributed by atoms with van der Waals surface area (Å²) in [6, 6.07) is 7.65. The van der Waals surface area contributed by atoms with Gasteiger partial charge in [-0.05, 0) is 24.8 Å². The number of carbonyl (C=O) groups is 1. The molecule has 5 nitrogen and oxygen atoms in total. The van der Waals surface area contributed by atoms with Crippen LogP contribution in [0.15, 0.2) is 24.3 Å². The zero-order valence-corrected chi connectivity index (χ0v) is 10.7. The number of aliphatic hydroxyl groups excluding tert-OH is 1. The SMILES string of the molecule is O=C(c1n[nH]c2ccccc12)N1CCC(CCO)C1. The summed E-state index contributed by atoms with van der Waals surface area (Å²) in [6.07, 6.45) is 1.74. The van der Waals surface area contributed by atoms with Crippen molar-refractivity contribution in [3.63, 3.8) is 0 Å². The van der Waals surface area contributed by atoms with Gasteiger partial charge in [0.1, 0.15) is 0 Å². The Kier molecular flexibility index (Phi) is 3.21. The van der Waals surface area contributed by atoms with E-state index >= 15 is 0 Å². The Morgan fingerprint density at radius 2 is 2.32 bits per heavy atom. The van der Waals surface area contributed by atoms with E-state index in [0.29, 0.717) is 11.6 Å². The Bertz CT molecular complexity index is 593. The number of nitrogens with one attached hydrogen (secondary N) is 1. The zero-order chi connectivity index (χ0) is 13.2. The van der Waals surface area contributed by atoms with Gasteiger partial charge in [-0.1, -0.05) is 18.2 Å². The molecule has 1 aliphatic rings. The molecular formula is C14H17N3O2. The predicted molar refractivity (Wildman–Crippen MR) is 71.8 cm³/mol. The first-order valence-electron chi connectivity index (χ1n) is 6.63. The minimum Gasteiger partial charge on any atom is -0.396 e. The van der Waals surface area contributed by atoms with Crippen LogP contribution in [0.3, 0.4) is 0 Å². The molecule has 0 aliphatic carbocycles. The van der Waals surface area contributed by atoms with Crippen LogP contribution in [-0.4, -0.2) is 45.8 Å². The number of fused-ring (bicyclic) bond motifs is 1. The highest BCUT2D eigenvalue weighted by Crippen LogP contribution is 2.23. The molecule has 1 aromatic heterocycles. The maximum absolute atomic E-state index is 12.5. The van der Waals surface area contributed by atoms with Crippen molar-refractivity contribution >= 4 is 16.8 Å². The molecule has 2 aromatic rings. The fourth-order valence-electron chi connectivity index (χ4n) is 2.71. The molecule has 1 amide bonds. The predicted octanol–water partition coefficient (Wildman–Crippen LogP) is 1.41. The number of aromatic amines is 1. The van der Waals surface area contributed by atoms with E-state index in [0.717, 1.165) is 36.8 Å². The maximum atomic E-state index is 12.5. The van der Waals surface area contributed by atoms with Crippen molar-refractivity contribution in [1.29, 1.82) is 0 Å². The monoisotopic (exact) mass is 259 g/mol. The second-order valence-corrected chi connectivity index (χ2v) is 5.04. The van der Waals surface area contributed by atoms with Crippen molar-refractivity contribution in [3.05, 3.63) is 30.0 Å². The molecule has 1 saturated heterocycles. The minimum atomic E-state index is -0.0158. The molecule has 3 rings (SSSR count). The van der Waals surface area contributed by atoms with Crippen molar-refractivity contribution in [2.75, 3.05) is 19.7 Å². The van der Waals surface area contributed by atoms with E-state index < -0.39 is 0 Å². The Labute approximate surface area is 111 Å². The second-order valence-electron chi connectivity index (χ2n) is 5.04. The normalized spacial score (nSPS) is 19.2. The highest BCUT2D eigenvalue weighted by atomic mass is 16.3. The second kappa shape index (κ2) is 5.01. The van der Waals surface area contributed by atoms with Crippen LogP contribution < -0.4 is 0 Å². The fraction of sp³-hybridized carbons (Fsp3) is 0.429. The van der Waals surface area contributed by atoms with E-state index in [1.165, 1.54) is 0 Å². The molecule has 1 aliphatic heterocycles. The molecular weight excluding hydrogens is 242 g/mol. The van der Waals surface area contributed by atoms with Crippen LogP contribution in [0.1, 0.15) is 23.3 Å². The molecule has 1 aromatic carbocycles. The Morgan fingerprint density at radius 1 is 1.47 bits per heavy atom. The number of amides is 1. The van der Waals surface area contributed by atoms with Crippen LogP contribution in [-0.2, 0) is 0 Å². The van der Waals surface area contributed by atoms with Crippen molar-refractivity contribution in [3.8, 4) is 0 Å². The van der Waals surface area contributed by atoms with Crippen molar-refractivity contribution < 1.29 is 9.90 Å². The number of hydrogen-bond acceptors (Lipinski definition) is 3. The summed E-state index contributed by atoms with van der Waals surface area (Å²) in [5.41, 5.74) is 1.39. The van der Waals surface area contributed by atoms with Crippen molar-refractivity contribution in [1.82, 2.24) is 15.1 Å². The van der Waals surface area contributed by atoms with Crippen LogP contribution >= 0.6 is 0 Å². The number of rotatable bonds is 3. The average Bonchev–Trinajstić information content (AvgIpc) is 3.05. The van der Waals surface area contributed by atoms with Gasteiger partial charge in [-0.3, -0.25) is 9.89 Å². The van der Waals surface area contributed by atoms with Crippen LogP contribution in [0.4, 0.5) is 0 Å². The van der Waals surface area contributed by atoms with E-state index in [9.17, 15) is 4.79 Å². The zero-order valence-electron chi connectivity index (χ0n) is 10.7. The van der Waals surface area contributed by atoms with E-state index in [2.05, 4.69) is 10.2 Å². The van der Waals surface area contributed by atoms with Gasteiger partial charge in [0.05, 0.1) is 5.52 Å². The minimum absolute atomic E-state index is 0.0158. The number of benzene rings is 1. The molecule has 19 heavy (non-hydrogen) atoms. The summed E-state index contributed by atoms with van der Waals surface area (Å²) in [5.74, 6) is 0.400. The van der Waals surface area contributed by atoms with Gasteiger partial charge in [-0.15, -0.1) is 0 Å². The summed E-state index contributed by atoms with van der Waals surface area (Å²) < 4.78 is 0. The van der Waals surface area contributed by atoms with E-state index in [1.54, 1.807) is 0 Å². The fourth-order valence-corrected chi connectivity index (χ4v) is 2.71. The third kappa shape index (κ3) is 2.21. The summed E-state index contributed by atoms with van der Waals surface area (Å²) in [5, 5.41) is 16.9. The smallest absolute Gasteiger partial charge is 0.275 e. The third-order valence-corrected chi connectivity index (χ3v) is 3.78. The van der Waals surface area contributed by atoms with Gasteiger partial charge in [0.25, 0.3) is 5.91 Å². The number of hydrogen-bond donors (Lipinski definition) is 2. The lowest BCUT2D eigenvalue weighted by Gasteiger charge is -2.15. The average molecular weight is 259 g/mol. The standard InChI is InChI=1S/C14H17N3O2/c18-8-6-10-5-7-17(9-10)14(19)13-11-3-1-2-4-12(11)15-16-13/h1-4,10,18H,5-9H2,(H,15,16). The number of para-hydroxylation sites is 1. The van der Waals surface area contributed by atoms with Crippen LogP contribution in [0.2, 0.25) is 0 Å². The highest BCUT2D eigenvalue weighted by molar-refractivity contribution is 6.04. The maximum Gasteiger partial charge on any atom is 0.275 e. The lowest BCUT2D eigenvalue weighted by molar-refractivity contribution is 0.0781. The lowest BCUT2D eigenvalue weighted by Crippen LogP contribution is -2.29. The van der Waals surface area contributed by atoms with Gasteiger partial charge in [-0.2, -0.15) is 5.10 Å². The molecule has 1 fully saturated rings. The van der Waals surface area contributed by atoms with Gasteiger partial charge in [-0.25, -0.2) is 0 Å². The van der Waals surface area contributed by atoms with Gasteiger partial charge >= 0.3 is 0 Å². The number of aromatic nitrogens is 2. The largest absolute Gasteiger partial charge is 0.396 e. The molecule has 0 bridgehead atoms. The van der Waals surface area contributed by atoms with Gasteiger partial charge in [0.2, 0.25) is 0 Å². The Hall–Kier alpha value is -1.88. The van der Waals surface area contributed by atoms with Gasteiger partial charge in [0.15, 0.2) is 5.69 Å². The molecule has 100 valence electrons. The van der Waals surface area contributed by atoms with Crippen LogP contribution in [0, 0.1) is 5.92 Å². The Morgan fingerprint density at radius 3 is 3.16 bits per heavy atom. The topological polar surface area (TPSA) is 69.2 Å². The summed E-state index contributed by atoms with van der Waals surface area (Å²) >= 11 is 0.